The van der Waals surface area contributed by atoms with E-state index in [9.17, 15) is 18.9 Å². The summed E-state index contributed by atoms with van der Waals surface area (Å²) in [6, 6.07) is 11.5. The van der Waals surface area contributed by atoms with Gasteiger partial charge < -0.3 is 15.4 Å². The Bertz CT molecular complexity index is 942. The molecule has 1 unspecified atom stereocenters. The van der Waals surface area contributed by atoms with Gasteiger partial charge in [-0.15, -0.1) is 0 Å². The van der Waals surface area contributed by atoms with Gasteiger partial charge in [-0.25, -0.2) is 8.78 Å². The summed E-state index contributed by atoms with van der Waals surface area (Å²) in [6.07, 6.45) is 1.63. The van der Waals surface area contributed by atoms with Crippen molar-refractivity contribution in [2.24, 2.45) is 7.05 Å². The third kappa shape index (κ3) is 3.85. The lowest BCUT2D eigenvalue weighted by molar-refractivity contribution is -0.388. The smallest absolute Gasteiger partial charge is 0.358 e. The van der Waals surface area contributed by atoms with Crippen molar-refractivity contribution >= 4 is 11.6 Å². The SMILES string of the molecule is Cn1cnc([N+](=O)[O-])c1NC(Cc1cccc(F)c1)c1cccc(F)c1. The van der Waals surface area contributed by atoms with Gasteiger partial charge in [0.05, 0.1) is 6.04 Å². The molecule has 0 bridgehead atoms. The minimum atomic E-state index is -0.590. The zero-order chi connectivity index (χ0) is 18.7. The number of benzene rings is 2. The third-order valence-corrected chi connectivity index (χ3v) is 3.98. The van der Waals surface area contributed by atoms with Crippen LogP contribution in [0.4, 0.5) is 20.4 Å². The van der Waals surface area contributed by atoms with Crippen LogP contribution in [0.3, 0.4) is 0 Å². The van der Waals surface area contributed by atoms with Gasteiger partial charge in [0.25, 0.3) is 0 Å². The van der Waals surface area contributed by atoms with Gasteiger partial charge in [-0.3, -0.25) is 4.57 Å². The first-order valence-corrected chi connectivity index (χ1v) is 7.86. The zero-order valence-electron chi connectivity index (χ0n) is 13.9. The van der Waals surface area contributed by atoms with Gasteiger partial charge in [0.1, 0.15) is 11.6 Å². The number of hydrogen-bond acceptors (Lipinski definition) is 4. The first-order valence-electron chi connectivity index (χ1n) is 7.86. The highest BCUT2D eigenvalue weighted by atomic mass is 19.1. The number of nitro groups is 1. The van der Waals surface area contributed by atoms with E-state index >= 15 is 0 Å². The number of nitrogens with zero attached hydrogens (tertiary/aromatic N) is 3. The van der Waals surface area contributed by atoms with Crippen molar-refractivity contribution in [3.05, 3.63) is 87.7 Å². The highest BCUT2D eigenvalue weighted by Gasteiger charge is 2.24. The maximum atomic E-state index is 13.7. The molecule has 3 aromatic rings. The first kappa shape index (κ1) is 17.5. The normalized spacial score (nSPS) is 12.0. The average Bonchev–Trinajstić information content (AvgIpc) is 2.95. The van der Waals surface area contributed by atoms with Crippen molar-refractivity contribution in [1.29, 1.82) is 0 Å². The summed E-state index contributed by atoms with van der Waals surface area (Å²) in [5, 5.41) is 14.2. The molecule has 0 spiro atoms. The van der Waals surface area contributed by atoms with E-state index in [2.05, 4.69) is 10.3 Å². The van der Waals surface area contributed by atoms with E-state index in [0.717, 1.165) is 0 Å². The summed E-state index contributed by atoms with van der Waals surface area (Å²) < 4.78 is 28.7. The highest BCUT2D eigenvalue weighted by molar-refractivity contribution is 5.54. The van der Waals surface area contributed by atoms with Gasteiger partial charge in [-0.2, -0.15) is 0 Å². The topological polar surface area (TPSA) is 73.0 Å². The molecule has 2 aromatic carbocycles. The number of hydrogen-bond donors (Lipinski definition) is 1. The molecule has 0 saturated heterocycles. The Morgan fingerprint density at radius 1 is 1.19 bits per heavy atom. The second kappa shape index (κ2) is 7.30. The molecule has 6 nitrogen and oxygen atoms in total. The second-order valence-electron chi connectivity index (χ2n) is 5.87. The Labute approximate surface area is 148 Å². The van der Waals surface area contributed by atoms with Crippen LogP contribution in [-0.4, -0.2) is 14.5 Å². The van der Waals surface area contributed by atoms with Gasteiger partial charge in [0, 0.05) is 7.05 Å². The zero-order valence-corrected chi connectivity index (χ0v) is 13.9. The van der Waals surface area contributed by atoms with Crippen molar-refractivity contribution in [3.63, 3.8) is 0 Å². The van der Waals surface area contributed by atoms with Crippen molar-refractivity contribution < 1.29 is 13.7 Å². The minimum absolute atomic E-state index is 0.195. The fourth-order valence-corrected chi connectivity index (χ4v) is 2.76. The molecule has 134 valence electrons. The Balaban J connectivity index is 1.98. The second-order valence-corrected chi connectivity index (χ2v) is 5.87. The number of anilines is 1. The van der Waals surface area contributed by atoms with Crippen molar-refractivity contribution in [2.75, 3.05) is 5.32 Å². The molecule has 0 aliphatic heterocycles. The molecule has 1 N–H and O–H groups in total. The molecular formula is C18H16F2N4O2. The van der Waals surface area contributed by atoms with Gasteiger partial charge in [0.2, 0.25) is 12.1 Å². The van der Waals surface area contributed by atoms with Gasteiger partial charge in [-0.05, 0) is 51.7 Å². The van der Waals surface area contributed by atoms with E-state index in [-0.39, 0.29) is 17.5 Å². The Hall–Kier alpha value is -3.29. The molecule has 1 heterocycles. The van der Waals surface area contributed by atoms with Crippen LogP contribution in [0.1, 0.15) is 17.2 Å². The van der Waals surface area contributed by atoms with Crippen LogP contribution in [0.2, 0.25) is 0 Å². The minimum Gasteiger partial charge on any atom is -0.358 e. The summed E-state index contributed by atoms with van der Waals surface area (Å²) in [5.41, 5.74) is 1.27. The fraction of sp³-hybridized carbons (Fsp3) is 0.167. The monoisotopic (exact) mass is 358 g/mol. The van der Waals surface area contributed by atoms with Crippen molar-refractivity contribution in [3.8, 4) is 0 Å². The van der Waals surface area contributed by atoms with Gasteiger partial charge in [-0.1, -0.05) is 24.3 Å². The largest absolute Gasteiger partial charge is 0.406 e. The molecule has 0 amide bonds. The van der Waals surface area contributed by atoms with Gasteiger partial charge in [0.15, 0.2) is 0 Å². The van der Waals surface area contributed by atoms with E-state index in [1.54, 1.807) is 31.3 Å². The van der Waals surface area contributed by atoms with Crippen molar-refractivity contribution in [1.82, 2.24) is 9.55 Å². The van der Waals surface area contributed by atoms with E-state index in [0.29, 0.717) is 17.5 Å². The Morgan fingerprint density at radius 2 is 1.88 bits per heavy atom. The van der Waals surface area contributed by atoms with Crippen LogP contribution in [0, 0.1) is 21.7 Å². The molecule has 8 heteroatoms. The molecule has 1 aromatic heterocycles. The van der Waals surface area contributed by atoms with Crippen LogP contribution in [0.25, 0.3) is 0 Å². The summed E-state index contributed by atoms with van der Waals surface area (Å²) in [7, 11) is 1.62. The summed E-state index contributed by atoms with van der Waals surface area (Å²) in [6.45, 7) is 0. The fourth-order valence-electron chi connectivity index (χ4n) is 2.76. The number of aryl methyl sites for hydroxylation is 1. The van der Waals surface area contributed by atoms with E-state index in [4.69, 9.17) is 0 Å². The Morgan fingerprint density at radius 3 is 2.54 bits per heavy atom. The quantitative estimate of drug-likeness (QED) is 0.534. The third-order valence-electron chi connectivity index (χ3n) is 3.98. The maximum Gasteiger partial charge on any atom is 0.406 e. The molecule has 0 aliphatic carbocycles. The predicted molar refractivity (Wildman–Crippen MR) is 92.7 cm³/mol. The van der Waals surface area contributed by atoms with E-state index in [1.807, 2.05) is 0 Å². The summed E-state index contributed by atoms with van der Waals surface area (Å²) in [5.74, 6) is -0.936. The Kier molecular flexibility index (Phi) is 4.92. The van der Waals surface area contributed by atoms with Crippen LogP contribution in [0.5, 0.6) is 0 Å². The van der Waals surface area contributed by atoms with Crippen LogP contribution in [0.15, 0.2) is 54.9 Å². The standard InChI is InChI=1S/C18H16F2N4O2/c1-23-11-21-17(24(25)26)18(23)22-16(13-5-3-7-15(20)10-13)9-12-4-2-6-14(19)8-12/h2-8,10-11,16,22H,9H2,1H3. The number of imidazole rings is 1. The highest BCUT2D eigenvalue weighted by Crippen LogP contribution is 2.29. The molecule has 3 rings (SSSR count). The summed E-state index contributed by atoms with van der Waals surface area (Å²) in [4.78, 5) is 14.4. The lowest BCUT2D eigenvalue weighted by Gasteiger charge is -2.20. The van der Waals surface area contributed by atoms with Crippen LogP contribution >= 0.6 is 0 Å². The molecule has 0 fully saturated rings. The van der Waals surface area contributed by atoms with E-state index < -0.39 is 16.8 Å². The molecule has 26 heavy (non-hydrogen) atoms. The molecule has 1 atom stereocenters. The van der Waals surface area contributed by atoms with Crippen molar-refractivity contribution in [2.45, 2.75) is 12.5 Å². The lowest BCUT2D eigenvalue weighted by atomic mass is 9.98. The molecular weight excluding hydrogens is 342 g/mol. The van der Waals surface area contributed by atoms with Crippen LogP contribution in [-0.2, 0) is 13.5 Å². The number of aromatic nitrogens is 2. The van der Waals surface area contributed by atoms with Gasteiger partial charge >= 0.3 is 5.82 Å². The number of nitrogens with one attached hydrogen (secondary N) is 1. The van der Waals surface area contributed by atoms with E-state index in [1.165, 1.54) is 35.2 Å². The summed E-state index contributed by atoms with van der Waals surface area (Å²) >= 11 is 0. The predicted octanol–water partition coefficient (Wildman–Crippen LogP) is 4.00. The molecule has 0 saturated carbocycles. The maximum absolute atomic E-state index is 13.7. The molecule has 0 radical (unpaired) electrons. The average molecular weight is 358 g/mol. The lowest BCUT2D eigenvalue weighted by Crippen LogP contribution is -2.16. The number of halogens is 2. The van der Waals surface area contributed by atoms with Crippen LogP contribution < -0.4 is 5.32 Å². The molecule has 0 aliphatic rings. The number of rotatable bonds is 6. The first-order chi connectivity index (χ1) is 12.4.